The highest BCUT2D eigenvalue weighted by Crippen LogP contribution is 2.41. The van der Waals surface area contributed by atoms with Gasteiger partial charge in [0.05, 0.1) is 36.4 Å². The van der Waals surface area contributed by atoms with E-state index < -0.39 is 23.2 Å². The molecule has 0 spiro atoms. The molecule has 2 aliphatic rings. The minimum atomic E-state index is -1.13. The molecule has 0 aliphatic carbocycles. The summed E-state index contributed by atoms with van der Waals surface area (Å²) >= 11 is 5.91. The lowest BCUT2D eigenvalue weighted by Gasteiger charge is -2.44. The normalized spacial score (nSPS) is 21.1. The van der Waals surface area contributed by atoms with E-state index in [0.717, 1.165) is 44.7 Å². The second-order valence-corrected chi connectivity index (χ2v) is 12.9. The number of amides is 1. The first kappa shape index (κ1) is 31.8. The van der Waals surface area contributed by atoms with E-state index in [4.69, 9.17) is 21.1 Å². The Morgan fingerprint density at radius 2 is 1.80 bits per heavy atom. The lowest BCUT2D eigenvalue weighted by atomic mass is 9.74. The minimum Gasteiger partial charge on any atom is -0.490 e. The zero-order chi connectivity index (χ0) is 31.2. The van der Waals surface area contributed by atoms with E-state index in [9.17, 15) is 4.79 Å². The Kier molecular flexibility index (Phi) is 10.2. The number of benzene rings is 1. The van der Waals surface area contributed by atoms with Gasteiger partial charge in [0.2, 0.25) is 5.95 Å². The molecule has 2 aliphatic heterocycles. The quantitative estimate of drug-likeness (QED) is 0.292. The maximum atomic E-state index is 15.1. The van der Waals surface area contributed by atoms with E-state index in [1.54, 1.807) is 63.8 Å². The molecule has 2 fully saturated rings. The van der Waals surface area contributed by atoms with Crippen molar-refractivity contribution in [1.29, 1.82) is 0 Å². The summed E-state index contributed by atoms with van der Waals surface area (Å²) in [5, 5.41) is 6.92. The summed E-state index contributed by atoms with van der Waals surface area (Å²) < 4.78 is 26.7. The van der Waals surface area contributed by atoms with Crippen molar-refractivity contribution in [3.8, 4) is 5.75 Å². The molecule has 0 bridgehead atoms. The Balaban J connectivity index is 1.21. The number of carbonyl (C=O) groups excluding carboxylic acids is 1. The number of halogens is 2. The molecule has 1 aromatic carbocycles. The number of nitrogens with one attached hydrogen (secondary N) is 2. The van der Waals surface area contributed by atoms with E-state index in [1.807, 2.05) is 0 Å². The highest BCUT2D eigenvalue weighted by atomic mass is 35.5. The summed E-state index contributed by atoms with van der Waals surface area (Å²) in [5.74, 6) is 1.51. The zero-order valence-corrected chi connectivity index (χ0v) is 26.3. The van der Waals surface area contributed by atoms with Crippen LogP contribution < -0.4 is 20.3 Å². The van der Waals surface area contributed by atoms with Crippen molar-refractivity contribution in [3.63, 3.8) is 0 Å². The van der Waals surface area contributed by atoms with Gasteiger partial charge in [0, 0.05) is 25.6 Å². The predicted molar refractivity (Wildman–Crippen MR) is 166 cm³/mol. The SMILES string of the molecule is CC(C)(C)OC(=O)N[C@@]1(c2ncc(OCCCC3CCN(c4ncc(Cl)cn4)CC3)cn2)CNCC[C@@H]1c1ccccc1F. The largest absolute Gasteiger partial charge is 0.490 e. The number of rotatable bonds is 9. The number of anilines is 1. The zero-order valence-electron chi connectivity index (χ0n) is 25.6. The maximum Gasteiger partial charge on any atom is 0.408 e. The summed E-state index contributed by atoms with van der Waals surface area (Å²) in [4.78, 5) is 33.2. The van der Waals surface area contributed by atoms with E-state index in [0.29, 0.717) is 54.2 Å². The Hall–Kier alpha value is -3.57. The first-order valence-electron chi connectivity index (χ1n) is 15.3. The monoisotopic (exact) mass is 625 g/mol. The van der Waals surface area contributed by atoms with Crippen LogP contribution in [-0.4, -0.2) is 64.4 Å². The minimum absolute atomic E-state index is 0.314. The van der Waals surface area contributed by atoms with Gasteiger partial charge in [-0.15, -0.1) is 0 Å². The number of nitrogens with zero attached hydrogens (tertiary/aromatic N) is 5. The molecule has 2 saturated heterocycles. The number of aromatic nitrogens is 4. The van der Waals surface area contributed by atoms with Crippen LogP contribution in [0, 0.1) is 11.7 Å². The maximum absolute atomic E-state index is 15.1. The third kappa shape index (κ3) is 7.92. The van der Waals surface area contributed by atoms with Gasteiger partial charge in [-0.25, -0.2) is 29.1 Å². The highest BCUT2D eigenvalue weighted by molar-refractivity contribution is 6.30. The van der Waals surface area contributed by atoms with Crippen molar-refractivity contribution >= 4 is 23.6 Å². The molecule has 2 aromatic heterocycles. The summed E-state index contributed by atoms with van der Waals surface area (Å²) in [6.45, 7) is 8.76. The summed E-state index contributed by atoms with van der Waals surface area (Å²) in [5.41, 5.74) is -1.34. The van der Waals surface area contributed by atoms with E-state index in [2.05, 4.69) is 35.5 Å². The second kappa shape index (κ2) is 14.0. The molecule has 2 N–H and O–H groups in total. The van der Waals surface area contributed by atoms with Gasteiger partial charge >= 0.3 is 6.09 Å². The molecule has 44 heavy (non-hydrogen) atoms. The topological polar surface area (TPSA) is 114 Å². The fraction of sp³-hybridized carbons (Fsp3) is 0.531. The molecule has 12 heteroatoms. The van der Waals surface area contributed by atoms with Crippen molar-refractivity contribution in [3.05, 3.63) is 71.3 Å². The molecule has 4 heterocycles. The van der Waals surface area contributed by atoms with E-state index >= 15 is 4.39 Å². The van der Waals surface area contributed by atoms with Gasteiger partial charge in [-0.3, -0.25) is 0 Å². The third-order valence-electron chi connectivity index (χ3n) is 8.17. The van der Waals surface area contributed by atoms with E-state index in [-0.39, 0.29) is 5.82 Å². The van der Waals surface area contributed by atoms with Gasteiger partial charge in [-0.2, -0.15) is 0 Å². The van der Waals surface area contributed by atoms with Crippen LogP contribution in [0.2, 0.25) is 5.02 Å². The number of ether oxygens (including phenoxy) is 2. The van der Waals surface area contributed by atoms with Crippen LogP contribution in [0.4, 0.5) is 15.1 Å². The van der Waals surface area contributed by atoms with Crippen molar-refractivity contribution in [2.45, 2.75) is 69.9 Å². The van der Waals surface area contributed by atoms with Crippen molar-refractivity contribution < 1.29 is 18.7 Å². The Labute approximate surface area is 263 Å². The molecule has 0 radical (unpaired) electrons. The first-order valence-corrected chi connectivity index (χ1v) is 15.6. The number of hydrogen-bond acceptors (Lipinski definition) is 9. The summed E-state index contributed by atoms with van der Waals surface area (Å²) in [7, 11) is 0. The molecule has 1 amide bonds. The standard InChI is InChI=1S/C32H41ClFN7O3/c1-31(2,3)44-30(42)40-32(21-35-13-10-26(32)25-8-4-5-9-27(25)34)28-36-19-24(20-37-28)43-16-6-7-22-11-14-41(15-12-22)29-38-17-23(33)18-39-29/h4-5,8-9,17-20,22,26,35H,6-7,10-16,21H2,1-3H3,(H,40,42)/t26-,32+/m1/s1. The average molecular weight is 626 g/mol. The fourth-order valence-corrected chi connectivity index (χ4v) is 6.16. The fourth-order valence-electron chi connectivity index (χ4n) is 6.06. The summed E-state index contributed by atoms with van der Waals surface area (Å²) in [6, 6.07) is 6.65. The molecule has 2 atom stereocenters. The molecule has 236 valence electrons. The van der Waals surface area contributed by atoms with Crippen LogP contribution in [0.25, 0.3) is 0 Å². The number of piperidine rings is 2. The number of carbonyl (C=O) groups is 1. The Bertz CT molecular complexity index is 1380. The molecule has 0 saturated carbocycles. The molecular weight excluding hydrogens is 585 g/mol. The first-order chi connectivity index (χ1) is 21.1. The molecule has 0 unspecified atom stereocenters. The van der Waals surface area contributed by atoms with Crippen molar-refractivity contribution in [2.24, 2.45) is 5.92 Å². The van der Waals surface area contributed by atoms with E-state index in [1.165, 1.54) is 6.07 Å². The molecule has 5 rings (SSSR count). The van der Waals surface area contributed by atoms with Crippen LogP contribution >= 0.6 is 11.6 Å². The molecular formula is C32H41ClFN7O3. The van der Waals surface area contributed by atoms with Crippen LogP contribution in [0.5, 0.6) is 5.75 Å². The lowest BCUT2D eigenvalue weighted by Crippen LogP contribution is -2.60. The van der Waals surface area contributed by atoms with Gasteiger partial charge < -0.3 is 25.0 Å². The van der Waals surface area contributed by atoms with Crippen molar-refractivity contribution in [1.82, 2.24) is 30.6 Å². The van der Waals surface area contributed by atoms with Crippen LogP contribution in [-0.2, 0) is 10.3 Å². The highest BCUT2D eigenvalue weighted by Gasteiger charge is 2.48. The lowest BCUT2D eigenvalue weighted by molar-refractivity contribution is 0.0398. The summed E-state index contributed by atoms with van der Waals surface area (Å²) in [6.07, 6.45) is 10.6. The van der Waals surface area contributed by atoms with Gasteiger partial charge in [0.1, 0.15) is 17.0 Å². The third-order valence-corrected chi connectivity index (χ3v) is 8.36. The second-order valence-electron chi connectivity index (χ2n) is 12.5. The Morgan fingerprint density at radius 1 is 1.09 bits per heavy atom. The van der Waals surface area contributed by atoms with Crippen LogP contribution in [0.15, 0.2) is 49.1 Å². The number of hydrogen-bond donors (Lipinski definition) is 2. The van der Waals surface area contributed by atoms with Gasteiger partial charge in [0.15, 0.2) is 11.6 Å². The molecule has 3 aromatic rings. The van der Waals surface area contributed by atoms with Gasteiger partial charge in [-0.05, 0) is 77.0 Å². The predicted octanol–water partition coefficient (Wildman–Crippen LogP) is 5.63. The Morgan fingerprint density at radius 3 is 2.48 bits per heavy atom. The van der Waals surface area contributed by atoms with Crippen LogP contribution in [0.3, 0.4) is 0 Å². The number of alkyl carbamates (subject to hydrolysis) is 1. The molecule has 10 nitrogen and oxygen atoms in total. The van der Waals surface area contributed by atoms with Gasteiger partial charge in [-0.1, -0.05) is 29.8 Å². The average Bonchev–Trinajstić information content (AvgIpc) is 3.00. The van der Waals surface area contributed by atoms with Crippen LogP contribution in [0.1, 0.15) is 70.2 Å². The van der Waals surface area contributed by atoms with Gasteiger partial charge in [0.25, 0.3) is 0 Å². The van der Waals surface area contributed by atoms with Crippen molar-refractivity contribution in [2.75, 3.05) is 37.7 Å². The smallest absolute Gasteiger partial charge is 0.408 e.